The highest BCUT2D eigenvalue weighted by molar-refractivity contribution is 5.87. The fourth-order valence-corrected chi connectivity index (χ4v) is 6.57. The number of esters is 3. The van der Waals surface area contributed by atoms with Crippen molar-refractivity contribution in [3.8, 4) is 0 Å². The van der Waals surface area contributed by atoms with Crippen molar-refractivity contribution in [3.05, 3.63) is 35.7 Å². The number of hydrogen-bond donors (Lipinski definition) is 0. The molecule has 34 heteroatoms. The molecule has 0 heterocycles. The van der Waals surface area contributed by atoms with E-state index in [0.717, 1.165) is 0 Å². The fraction of sp³-hybridized carbons (Fsp3) is 0.591. The molecule has 0 spiro atoms. The first kappa shape index (κ1) is 46.1. The Labute approximate surface area is 282 Å². The van der Waals surface area contributed by atoms with Gasteiger partial charge in [-0.3, -0.25) is 0 Å². The Hall–Kier alpha value is -4.33. The monoisotopic (exact) mass is 892 g/mol. The third kappa shape index (κ3) is 4.09. The predicted molar refractivity (Wildman–Crippen MR) is 105 cm³/mol. The summed E-state index contributed by atoms with van der Waals surface area (Å²) in [5.74, 6) is -87.0. The van der Waals surface area contributed by atoms with E-state index in [1.54, 1.807) is 14.2 Å². The second-order valence-corrected chi connectivity index (χ2v) is 10.8. The lowest BCUT2D eigenvalue weighted by Gasteiger charge is -2.79. The van der Waals surface area contributed by atoms with E-state index < -0.39 is 129 Å². The van der Waals surface area contributed by atoms with Crippen molar-refractivity contribution in [1.82, 2.24) is 0 Å². The molecule has 4 rings (SSSR count). The highest BCUT2D eigenvalue weighted by atomic mass is 19.3. The predicted octanol–water partition coefficient (Wildman–Crippen LogP) is 9.15. The van der Waals surface area contributed by atoms with Gasteiger partial charge in [-0.05, 0) is 0 Å². The Bertz CT molecular complexity index is 1620. The number of halogens is 28. The van der Waals surface area contributed by atoms with E-state index in [4.69, 9.17) is 0 Å². The van der Waals surface area contributed by atoms with E-state index in [2.05, 4.69) is 0 Å². The van der Waals surface area contributed by atoms with Gasteiger partial charge in [0.1, 0.15) is 0 Å². The Morgan fingerprint density at radius 1 is 0.321 bits per heavy atom. The molecule has 0 aromatic rings. The molecule has 0 amide bonds. The van der Waals surface area contributed by atoms with Crippen molar-refractivity contribution in [2.75, 3.05) is 0 Å². The second kappa shape index (κ2) is 11.6. The maximum atomic E-state index is 16.2. The summed E-state index contributed by atoms with van der Waals surface area (Å²) in [6, 6.07) is 0. The Balaban J connectivity index is 2.95. The van der Waals surface area contributed by atoms with Gasteiger partial charge in [-0.15, -0.1) is 0 Å². The van der Waals surface area contributed by atoms with Gasteiger partial charge in [0.15, 0.2) is 0 Å². The van der Waals surface area contributed by atoms with Crippen LogP contribution in [0, 0.1) is 16.2 Å². The van der Waals surface area contributed by atoms with Gasteiger partial charge >= 0.3 is 95.7 Å². The van der Waals surface area contributed by atoms with Gasteiger partial charge in [0.05, 0.1) is 0 Å². The van der Waals surface area contributed by atoms with Crippen molar-refractivity contribution < 1.29 is 152 Å². The first-order valence-electron chi connectivity index (χ1n) is 12.4. The molecule has 56 heavy (non-hydrogen) atoms. The summed E-state index contributed by atoms with van der Waals surface area (Å²) in [6.07, 6.45) is -41.3. The number of carbonyl (C=O) groups is 3. The number of hydrogen-bond acceptors (Lipinski definition) is 6. The van der Waals surface area contributed by atoms with Crippen LogP contribution in [0.2, 0.25) is 0 Å². The van der Waals surface area contributed by atoms with Crippen molar-refractivity contribution >= 4 is 17.9 Å². The van der Waals surface area contributed by atoms with Gasteiger partial charge in [0.2, 0.25) is 0 Å². The number of ether oxygens (including phenoxy) is 3. The lowest BCUT2D eigenvalue weighted by Crippen LogP contribution is -3.09. The van der Waals surface area contributed by atoms with Crippen LogP contribution in [0.5, 0.6) is 0 Å². The van der Waals surface area contributed by atoms with Gasteiger partial charge < -0.3 is 14.2 Å². The molecule has 320 valence electrons. The Morgan fingerprint density at radius 2 is 0.482 bits per heavy atom. The molecule has 0 unspecified atom stereocenters. The van der Waals surface area contributed by atoms with E-state index in [0.29, 0.717) is 0 Å². The maximum absolute atomic E-state index is 16.2. The van der Waals surface area contributed by atoms with Gasteiger partial charge in [-0.1, -0.05) is 0 Å². The maximum Gasteiger partial charge on any atom is 0.424 e. The Kier molecular flexibility index (Phi) is 9.57. The molecule has 0 aliphatic heterocycles. The molecule has 0 saturated heterocycles. The smallest absolute Gasteiger partial charge is 0.394 e. The normalized spacial score (nSPS) is 31.5. The zero-order valence-electron chi connectivity index (χ0n) is 24.0. The summed E-state index contributed by atoms with van der Waals surface area (Å²) in [6.45, 7) is 0. The first-order chi connectivity index (χ1) is 24.5. The van der Waals surface area contributed by atoms with E-state index in [-0.39, 0.29) is 0 Å². The standard InChI is InChI=1S/C22F28O6/c23-1(4(26)27)7(51)54-20(45,46)10-14(33,34)11(21(47,48)55-8(52)2(24)5(28)29)16(37,38)12(15(10,35)36,22(49,50)56-9(53)3(25)6(30)31)19(43,44)13(32,17(10,39)40)18(11,41)42. The number of alkyl halides is 19. The molecule has 4 bridgehead atoms. The molecule has 4 aliphatic carbocycles. The average molecular weight is 892 g/mol. The van der Waals surface area contributed by atoms with Crippen LogP contribution >= 0.6 is 0 Å². The molecular formula is C22F28O6. The zero-order chi connectivity index (χ0) is 44.8. The molecule has 4 saturated carbocycles. The summed E-state index contributed by atoms with van der Waals surface area (Å²) in [5.41, 5.74) is -39.3. The number of carbonyl (C=O) groups excluding carboxylic acids is 3. The van der Waals surface area contributed by atoms with Crippen LogP contribution in [0.3, 0.4) is 0 Å². The number of rotatable bonds is 9. The minimum Gasteiger partial charge on any atom is -0.394 e. The van der Waals surface area contributed by atoms with Gasteiger partial charge in [-0.25, -0.2) is 71.5 Å². The van der Waals surface area contributed by atoms with Crippen LogP contribution in [0.4, 0.5) is 123 Å². The van der Waals surface area contributed by atoms with Crippen LogP contribution in [-0.4, -0.2) is 77.4 Å². The molecule has 6 nitrogen and oxygen atoms in total. The van der Waals surface area contributed by atoms with Gasteiger partial charge in [0.25, 0.3) is 33.7 Å². The fourth-order valence-electron chi connectivity index (χ4n) is 6.57. The summed E-state index contributed by atoms with van der Waals surface area (Å²) in [7, 11) is 0. The van der Waals surface area contributed by atoms with Crippen LogP contribution in [0.15, 0.2) is 35.7 Å². The third-order valence-electron chi connectivity index (χ3n) is 8.54. The average Bonchev–Trinajstić information content (AvgIpc) is 2.94. The molecule has 0 N–H and O–H groups in total. The highest BCUT2D eigenvalue weighted by Crippen LogP contribution is 2.98. The minimum absolute atomic E-state index is 1.75. The van der Waals surface area contributed by atoms with Crippen molar-refractivity contribution in [2.45, 2.75) is 59.5 Å². The van der Waals surface area contributed by atoms with Crippen molar-refractivity contribution in [2.24, 2.45) is 16.2 Å². The molecular weight excluding hydrogens is 892 g/mol. The van der Waals surface area contributed by atoms with Gasteiger partial charge in [-0.2, -0.15) is 65.9 Å². The summed E-state index contributed by atoms with van der Waals surface area (Å²) in [4.78, 5) is 34.1. The van der Waals surface area contributed by atoms with E-state index in [1.807, 2.05) is 0 Å². The third-order valence-corrected chi connectivity index (χ3v) is 8.54. The molecule has 4 fully saturated rings. The highest BCUT2D eigenvalue weighted by Gasteiger charge is 3.28. The van der Waals surface area contributed by atoms with Gasteiger partial charge in [0, 0.05) is 0 Å². The van der Waals surface area contributed by atoms with E-state index in [1.165, 1.54) is 0 Å². The van der Waals surface area contributed by atoms with Crippen molar-refractivity contribution in [1.29, 1.82) is 0 Å². The van der Waals surface area contributed by atoms with Crippen LogP contribution < -0.4 is 0 Å². The van der Waals surface area contributed by atoms with Crippen molar-refractivity contribution in [3.63, 3.8) is 0 Å². The Morgan fingerprint density at radius 3 is 0.625 bits per heavy atom. The second-order valence-electron chi connectivity index (χ2n) is 10.8. The van der Waals surface area contributed by atoms with Crippen LogP contribution in [-0.2, 0) is 28.6 Å². The summed E-state index contributed by atoms with van der Waals surface area (Å²) >= 11 is 0. The SMILES string of the molecule is O=C(OC(F)(F)C12C(F)(F)C3(F)C(F)(F)C(C(F)(F)OC(=O)C(F)=C(F)F)(C1(F)F)C(F)(F)C(C(F)(F)OC(=O)C(F)=C(F)F)(C3(F)F)C2(F)F)C(F)=C(F)F. The summed E-state index contributed by atoms with van der Waals surface area (Å²) in [5, 5.41) is 0. The quantitative estimate of drug-likeness (QED) is 0.0996. The summed E-state index contributed by atoms with van der Waals surface area (Å²) < 4.78 is 420. The molecule has 0 radical (unpaired) electrons. The molecule has 0 atom stereocenters. The van der Waals surface area contributed by atoms with Crippen LogP contribution in [0.25, 0.3) is 0 Å². The minimum atomic E-state index is -9.97. The first-order valence-corrected chi connectivity index (χ1v) is 12.4. The zero-order valence-corrected chi connectivity index (χ0v) is 24.0. The lowest BCUT2D eigenvalue weighted by molar-refractivity contribution is -0.686. The van der Waals surface area contributed by atoms with E-state index >= 15 is 83.4 Å². The molecule has 4 aliphatic rings. The largest absolute Gasteiger partial charge is 0.424 e. The lowest BCUT2D eigenvalue weighted by atomic mass is 9.28. The topological polar surface area (TPSA) is 78.9 Å². The van der Waals surface area contributed by atoms with Crippen LogP contribution in [0.1, 0.15) is 0 Å². The molecule has 0 aromatic carbocycles. The molecule has 0 aromatic heterocycles. The van der Waals surface area contributed by atoms with E-state index in [9.17, 15) is 53.9 Å².